The number of hydrogen-bond donors (Lipinski definition) is 0. The van der Waals surface area contributed by atoms with Crippen molar-refractivity contribution >= 4 is 17.0 Å². The predicted molar refractivity (Wildman–Crippen MR) is 113 cm³/mol. The highest BCUT2D eigenvalue weighted by Gasteiger charge is 2.31. The summed E-state index contributed by atoms with van der Waals surface area (Å²) in [6, 6.07) is 15.3. The molecular weight excluding hydrogens is 388 g/mol. The summed E-state index contributed by atoms with van der Waals surface area (Å²) < 4.78 is 11.0. The first-order chi connectivity index (χ1) is 14.1. The second-order valence-electron chi connectivity index (χ2n) is 6.97. The average Bonchev–Trinajstić information content (AvgIpc) is 3.27. The topological polar surface area (TPSA) is 64.8 Å². The Hall–Kier alpha value is -2.90. The Bertz CT molecular complexity index is 1000. The van der Waals surface area contributed by atoms with E-state index in [2.05, 4.69) is 34.5 Å². The molecule has 150 valence electrons. The number of nitro benzene ring substituents is 1. The van der Waals surface area contributed by atoms with Crippen molar-refractivity contribution in [3.63, 3.8) is 0 Å². The molecule has 7 heteroatoms. The van der Waals surface area contributed by atoms with Crippen LogP contribution in [0.5, 0.6) is 11.5 Å². The minimum Gasteiger partial charge on any atom is -0.493 e. The van der Waals surface area contributed by atoms with Crippen LogP contribution < -0.4 is 9.47 Å². The number of hydrogen-bond acceptors (Lipinski definition) is 6. The van der Waals surface area contributed by atoms with Gasteiger partial charge in [0.1, 0.15) is 0 Å². The summed E-state index contributed by atoms with van der Waals surface area (Å²) in [5.74, 6) is 1.48. The standard InChI is InChI=1S/C22H22N2O4S/c1-27-19-12-16-9-10-23(14-15-5-7-17(8-6-15)24(25)26)22(21-4-3-11-29-21)18(16)13-20(19)28-2/h3-8,11-13,22H,9-10,14H2,1-2H3/t22-/m1/s1. The van der Waals surface area contributed by atoms with Crippen LogP contribution in [0, 0.1) is 10.1 Å². The summed E-state index contributed by atoms with van der Waals surface area (Å²) in [5, 5.41) is 13.0. The van der Waals surface area contributed by atoms with Gasteiger partial charge in [-0.15, -0.1) is 11.3 Å². The average molecular weight is 410 g/mol. The van der Waals surface area contributed by atoms with E-state index in [1.807, 2.05) is 12.1 Å². The fraction of sp³-hybridized carbons (Fsp3) is 0.273. The third-order valence-electron chi connectivity index (χ3n) is 5.32. The van der Waals surface area contributed by atoms with E-state index in [0.29, 0.717) is 6.54 Å². The van der Waals surface area contributed by atoms with Crippen molar-refractivity contribution in [3.8, 4) is 11.5 Å². The van der Waals surface area contributed by atoms with Gasteiger partial charge in [-0.25, -0.2) is 0 Å². The van der Waals surface area contributed by atoms with E-state index in [-0.39, 0.29) is 16.7 Å². The number of nitro groups is 1. The van der Waals surface area contributed by atoms with Gasteiger partial charge in [0.2, 0.25) is 0 Å². The highest BCUT2D eigenvalue weighted by Crippen LogP contribution is 2.42. The number of rotatable bonds is 6. The Morgan fingerprint density at radius 3 is 2.48 bits per heavy atom. The first-order valence-corrected chi connectivity index (χ1v) is 10.2. The second kappa shape index (κ2) is 8.23. The third kappa shape index (κ3) is 3.83. The fourth-order valence-electron chi connectivity index (χ4n) is 3.91. The Kier molecular flexibility index (Phi) is 5.51. The maximum absolute atomic E-state index is 10.9. The van der Waals surface area contributed by atoms with Crippen LogP contribution in [0.15, 0.2) is 53.9 Å². The molecule has 0 unspecified atom stereocenters. The first kappa shape index (κ1) is 19.4. The van der Waals surface area contributed by atoms with Crippen LogP contribution in [0.1, 0.15) is 27.6 Å². The number of methoxy groups -OCH3 is 2. The minimum absolute atomic E-state index is 0.105. The molecule has 1 aliphatic heterocycles. The summed E-state index contributed by atoms with van der Waals surface area (Å²) >= 11 is 1.73. The normalized spacial score (nSPS) is 16.3. The predicted octanol–water partition coefficient (Wildman–Crippen LogP) is 4.82. The van der Waals surface area contributed by atoms with Gasteiger partial charge < -0.3 is 9.47 Å². The lowest BCUT2D eigenvalue weighted by Gasteiger charge is -2.37. The lowest BCUT2D eigenvalue weighted by molar-refractivity contribution is -0.384. The third-order valence-corrected chi connectivity index (χ3v) is 6.24. The maximum Gasteiger partial charge on any atom is 0.269 e. The number of fused-ring (bicyclic) bond motifs is 1. The van der Waals surface area contributed by atoms with E-state index >= 15 is 0 Å². The Morgan fingerprint density at radius 2 is 1.86 bits per heavy atom. The second-order valence-corrected chi connectivity index (χ2v) is 7.95. The molecule has 0 aliphatic carbocycles. The monoisotopic (exact) mass is 410 g/mol. The SMILES string of the molecule is COc1cc2c(cc1OC)[C@H](c1cccs1)N(Cc1ccc([N+](=O)[O-])cc1)CC2. The molecule has 1 atom stereocenters. The fourth-order valence-corrected chi connectivity index (χ4v) is 4.78. The molecule has 0 fully saturated rings. The molecular formula is C22H22N2O4S. The smallest absolute Gasteiger partial charge is 0.269 e. The van der Waals surface area contributed by atoms with E-state index in [1.54, 1.807) is 37.7 Å². The van der Waals surface area contributed by atoms with Crippen molar-refractivity contribution in [1.82, 2.24) is 4.90 Å². The van der Waals surface area contributed by atoms with Crippen LogP contribution in [0.2, 0.25) is 0 Å². The summed E-state index contributed by atoms with van der Waals surface area (Å²) in [4.78, 5) is 14.2. The van der Waals surface area contributed by atoms with Crippen molar-refractivity contribution in [2.75, 3.05) is 20.8 Å². The van der Waals surface area contributed by atoms with E-state index in [1.165, 1.54) is 16.0 Å². The summed E-state index contributed by atoms with van der Waals surface area (Å²) in [5.41, 5.74) is 3.66. The molecule has 1 aliphatic rings. The van der Waals surface area contributed by atoms with Crippen LogP contribution >= 0.6 is 11.3 Å². The minimum atomic E-state index is -0.366. The van der Waals surface area contributed by atoms with Crippen LogP contribution in [-0.4, -0.2) is 30.6 Å². The molecule has 0 amide bonds. The van der Waals surface area contributed by atoms with Crippen molar-refractivity contribution in [2.24, 2.45) is 0 Å². The summed E-state index contributed by atoms with van der Waals surface area (Å²) in [7, 11) is 3.31. The molecule has 0 N–H and O–H groups in total. The van der Waals surface area contributed by atoms with Crippen molar-refractivity contribution < 1.29 is 14.4 Å². The van der Waals surface area contributed by atoms with Gasteiger partial charge >= 0.3 is 0 Å². The number of non-ortho nitro benzene ring substituents is 1. The van der Waals surface area contributed by atoms with E-state index in [4.69, 9.17) is 9.47 Å². The molecule has 4 rings (SSSR count). The molecule has 0 radical (unpaired) electrons. The Morgan fingerprint density at radius 1 is 1.14 bits per heavy atom. The summed E-state index contributed by atoms with van der Waals surface area (Å²) in [6.07, 6.45) is 0.907. The highest BCUT2D eigenvalue weighted by molar-refractivity contribution is 7.10. The van der Waals surface area contributed by atoms with Gasteiger partial charge in [0, 0.05) is 30.1 Å². The van der Waals surface area contributed by atoms with Crippen LogP contribution in [-0.2, 0) is 13.0 Å². The van der Waals surface area contributed by atoms with E-state index in [0.717, 1.165) is 30.0 Å². The van der Waals surface area contributed by atoms with Gasteiger partial charge in [-0.05, 0) is 46.7 Å². The molecule has 2 heterocycles. The first-order valence-electron chi connectivity index (χ1n) is 9.36. The zero-order valence-electron chi connectivity index (χ0n) is 16.3. The lowest BCUT2D eigenvalue weighted by Crippen LogP contribution is -2.35. The number of thiophene rings is 1. The van der Waals surface area contributed by atoms with E-state index < -0.39 is 0 Å². The largest absolute Gasteiger partial charge is 0.493 e. The van der Waals surface area contributed by atoms with Crippen molar-refractivity contribution in [2.45, 2.75) is 19.0 Å². The van der Waals surface area contributed by atoms with Gasteiger partial charge in [0.25, 0.3) is 5.69 Å². The van der Waals surface area contributed by atoms with Crippen LogP contribution in [0.25, 0.3) is 0 Å². The van der Waals surface area contributed by atoms with Crippen LogP contribution in [0.3, 0.4) is 0 Å². The zero-order valence-corrected chi connectivity index (χ0v) is 17.1. The van der Waals surface area contributed by atoms with E-state index in [9.17, 15) is 10.1 Å². The molecule has 29 heavy (non-hydrogen) atoms. The van der Waals surface area contributed by atoms with Gasteiger partial charge in [-0.1, -0.05) is 18.2 Å². The van der Waals surface area contributed by atoms with Crippen molar-refractivity contribution in [3.05, 3.63) is 85.6 Å². The Labute approximate surface area is 173 Å². The van der Waals surface area contributed by atoms with Gasteiger partial charge in [-0.3, -0.25) is 15.0 Å². The molecule has 2 aromatic carbocycles. The molecule has 0 saturated heterocycles. The van der Waals surface area contributed by atoms with Crippen LogP contribution in [0.4, 0.5) is 5.69 Å². The maximum atomic E-state index is 10.9. The lowest BCUT2D eigenvalue weighted by atomic mass is 9.90. The highest BCUT2D eigenvalue weighted by atomic mass is 32.1. The molecule has 1 aromatic heterocycles. The van der Waals surface area contributed by atoms with Crippen molar-refractivity contribution in [1.29, 1.82) is 0 Å². The van der Waals surface area contributed by atoms with Gasteiger partial charge in [0.15, 0.2) is 11.5 Å². The molecule has 6 nitrogen and oxygen atoms in total. The summed E-state index contributed by atoms with van der Waals surface area (Å²) in [6.45, 7) is 1.61. The number of ether oxygens (including phenoxy) is 2. The molecule has 0 spiro atoms. The Balaban J connectivity index is 1.71. The number of nitrogens with zero attached hydrogens (tertiary/aromatic N) is 2. The quantitative estimate of drug-likeness (QED) is 0.431. The number of benzene rings is 2. The molecule has 3 aromatic rings. The van der Waals surface area contributed by atoms with Gasteiger partial charge in [0.05, 0.1) is 25.2 Å². The molecule has 0 bridgehead atoms. The van der Waals surface area contributed by atoms with Gasteiger partial charge in [-0.2, -0.15) is 0 Å². The molecule has 0 saturated carbocycles. The zero-order chi connectivity index (χ0) is 20.4.